The SMILES string of the molecule is [C-]#[N+]C(C)=C1CCN(c2ccc(N3C[C@H](CNC=O)OC3=O)cc2F)CC1. The average molecular weight is 372 g/mol. The van der Waals surface area contributed by atoms with Crippen molar-refractivity contribution in [3.63, 3.8) is 0 Å². The Hall–Kier alpha value is -3.08. The standard InChI is InChI=1S/C19H21FN4O3/c1-13(21-2)14-5-7-23(8-6-14)18-4-3-15(9-17(18)20)24-11-16(10-22-12-25)27-19(24)26/h3-4,9,12,16H,5-8,10-11H2,1H3,(H,22,25)/t16-/m0/s1. The number of hydrogen-bond acceptors (Lipinski definition) is 4. The van der Waals surface area contributed by atoms with Gasteiger partial charge in [0.15, 0.2) is 5.70 Å². The van der Waals surface area contributed by atoms with Gasteiger partial charge in [-0.25, -0.2) is 14.0 Å². The molecule has 0 spiro atoms. The lowest BCUT2D eigenvalue weighted by atomic mass is 10.0. The molecule has 1 aromatic carbocycles. The van der Waals surface area contributed by atoms with Gasteiger partial charge in [-0.2, -0.15) is 0 Å². The quantitative estimate of drug-likeness (QED) is 0.638. The molecule has 0 aliphatic carbocycles. The van der Waals surface area contributed by atoms with E-state index in [-0.39, 0.29) is 13.1 Å². The van der Waals surface area contributed by atoms with E-state index in [1.54, 1.807) is 12.1 Å². The molecule has 0 bridgehead atoms. The molecule has 3 rings (SSSR count). The number of carbonyl (C=O) groups is 2. The maximum absolute atomic E-state index is 14.7. The molecular weight excluding hydrogens is 351 g/mol. The molecule has 7 nitrogen and oxygen atoms in total. The first kappa shape index (κ1) is 18.7. The number of nitrogens with one attached hydrogen (secondary N) is 1. The van der Waals surface area contributed by atoms with Gasteiger partial charge in [0, 0.05) is 13.1 Å². The van der Waals surface area contributed by atoms with Gasteiger partial charge in [-0.15, -0.1) is 0 Å². The van der Waals surface area contributed by atoms with Crippen LogP contribution in [0.5, 0.6) is 0 Å². The molecule has 2 saturated heterocycles. The molecule has 2 aliphatic heterocycles. The van der Waals surface area contributed by atoms with Crippen LogP contribution in [0.4, 0.5) is 20.6 Å². The summed E-state index contributed by atoms with van der Waals surface area (Å²) in [7, 11) is 0. The Bertz CT molecular complexity index is 808. The van der Waals surface area contributed by atoms with Crippen molar-refractivity contribution in [1.82, 2.24) is 5.32 Å². The predicted molar refractivity (Wildman–Crippen MR) is 98.8 cm³/mol. The number of anilines is 2. The van der Waals surface area contributed by atoms with Gasteiger partial charge in [0.2, 0.25) is 6.41 Å². The summed E-state index contributed by atoms with van der Waals surface area (Å²) in [5.41, 5.74) is 2.78. The van der Waals surface area contributed by atoms with Crippen molar-refractivity contribution in [2.75, 3.05) is 36.0 Å². The summed E-state index contributed by atoms with van der Waals surface area (Å²) < 4.78 is 19.9. The Morgan fingerprint density at radius 1 is 1.44 bits per heavy atom. The van der Waals surface area contributed by atoms with E-state index in [1.807, 2.05) is 11.8 Å². The van der Waals surface area contributed by atoms with E-state index in [2.05, 4.69) is 10.2 Å². The minimum absolute atomic E-state index is 0.222. The van der Waals surface area contributed by atoms with Crippen LogP contribution < -0.4 is 15.1 Å². The fraction of sp³-hybridized carbons (Fsp3) is 0.421. The number of carbonyl (C=O) groups excluding carboxylic acids is 2. The zero-order valence-electron chi connectivity index (χ0n) is 15.1. The van der Waals surface area contributed by atoms with E-state index >= 15 is 0 Å². The number of ether oxygens (including phenoxy) is 1. The Morgan fingerprint density at radius 3 is 2.81 bits per heavy atom. The summed E-state index contributed by atoms with van der Waals surface area (Å²) in [6, 6.07) is 4.71. The van der Waals surface area contributed by atoms with E-state index in [9.17, 15) is 14.0 Å². The molecule has 1 aromatic rings. The Labute approximate surface area is 157 Å². The minimum atomic E-state index is -0.554. The molecule has 27 heavy (non-hydrogen) atoms. The molecule has 0 radical (unpaired) electrons. The van der Waals surface area contributed by atoms with Gasteiger partial charge in [-0.1, -0.05) is 5.57 Å². The number of halogens is 1. The van der Waals surface area contributed by atoms with Crippen molar-refractivity contribution in [2.45, 2.75) is 25.9 Å². The van der Waals surface area contributed by atoms with Crippen LogP contribution in [0.2, 0.25) is 0 Å². The molecule has 0 aromatic heterocycles. The molecular formula is C19H21FN4O3. The molecule has 0 unspecified atom stereocenters. The second-order valence-electron chi connectivity index (χ2n) is 6.57. The van der Waals surface area contributed by atoms with E-state index in [4.69, 9.17) is 11.3 Å². The fourth-order valence-corrected chi connectivity index (χ4v) is 3.40. The minimum Gasteiger partial charge on any atom is -0.442 e. The predicted octanol–water partition coefficient (Wildman–Crippen LogP) is 2.69. The van der Waals surface area contributed by atoms with Crippen LogP contribution in [-0.2, 0) is 9.53 Å². The number of cyclic esters (lactones) is 1. The highest BCUT2D eigenvalue weighted by Gasteiger charge is 2.32. The highest BCUT2D eigenvalue weighted by Crippen LogP contribution is 2.31. The van der Waals surface area contributed by atoms with Crippen molar-refractivity contribution >= 4 is 23.9 Å². The Kier molecular flexibility index (Phi) is 5.60. The first-order valence-electron chi connectivity index (χ1n) is 8.79. The number of piperidine rings is 1. The molecule has 2 heterocycles. The average Bonchev–Trinajstić information content (AvgIpc) is 3.06. The fourth-order valence-electron chi connectivity index (χ4n) is 3.40. The number of nitrogens with zero attached hydrogens (tertiary/aromatic N) is 3. The number of allylic oxidation sites excluding steroid dienone is 1. The van der Waals surface area contributed by atoms with Crippen LogP contribution in [0.3, 0.4) is 0 Å². The number of rotatable bonds is 5. The zero-order chi connectivity index (χ0) is 19.4. The second-order valence-corrected chi connectivity index (χ2v) is 6.57. The van der Waals surface area contributed by atoms with Crippen LogP contribution in [0, 0.1) is 12.4 Å². The lowest BCUT2D eigenvalue weighted by Gasteiger charge is -2.31. The van der Waals surface area contributed by atoms with E-state index in [0.717, 1.165) is 24.1 Å². The van der Waals surface area contributed by atoms with Crippen molar-refractivity contribution in [3.8, 4) is 0 Å². The van der Waals surface area contributed by atoms with Crippen molar-refractivity contribution in [2.24, 2.45) is 0 Å². The normalized spacial score (nSPS) is 19.5. The topological polar surface area (TPSA) is 66.2 Å². The van der Waals surface area contributed by atoms with Crippen molar-refractivity contribution in [1.29, 1.82) is 0 Å². The maximum Gasteiger partial charge on any atom is 0.414 e. The number of benzene rings is 1. The third kappa shape index (κ3) is 4.03. The van der Waals surface area contributed by atoms with Gasteiger partial charge in [-0.3, -0.25) is 9.69 Å². The lowest BCUT2D eigenvalue weighted by Crippen LogP contribution is -2.32. The first-order valence-corrected chi connectivity index (χ1v) is 8.79. The van der Waals surface area contributed by atoms with Crippen molar-refractivity contribution in [3.05, 3.63) is 46.7 Å². The van der Waals surface area contributed by atoms with E-state index in [1.165, 1.54) is 11.0 Å². The van der Waals surface area contributed by atoms with E-state index in [0.29, 0.717) is 30.9 Å². The smallest absolute Gasteiger partial charge is 0.414 e. The highest BCUT2D eigenvalue weighted by molar-refractivity contribution is 5.90. The molecule has 142 valence electrons. The summed E-state index contributed by atoms with van der Waals surface area (Å²) in [5.74, 6) is -0.399. The van der Waals surface area contributed by atoms with Gasteiger partial charge in [0.05, 0.1) is 31.0 Å². The first-order chi connectivity index (χ1) is 13.0. The molecule has 8 heteroatoms. The molecule has 1 N–H and O–H groups in total. The van der Waals surface area contributed by atoms with Gasteiger partial charge in [0.1, 0.15) is 11.9 Å². The van der Waals surface area contributed by atoms with Crippen LogP contribution in [0.1, 0.15) is 19.8 Å². The largest absolute Gasteiger partial charge is 0.442 e. The van der Waals surface area contributed by atoms with Crippen molar-refractivity contribution < 1.29 is 18.7 Å². The van der Waals surface area contributed by atoms with Gasteiger partial charge < -0.3 is 15.0 Å². The Morgan fingerprint density at radius 2 is 2.19 bits per heavy atom. The lowest BCUT2D eigenvalue weighted by molar-refractivity contribution is -0.109. The zero-order valence-corrected chi connectivity index (χ0v) is 15.1. The number of hydrogen-bond donors (Lipinski definition) is 1. The van der Waals surface area contributed by atoms with Gasteiger partial charge in [0.25, 0.3) is 0 Å². The molecule has 2 aliphatic rings. The molecule has 1 atom stereocenters. The van der Waals surface area contributed by atoms with E-state index < -0.39 is 18.0 Å². The summed E-state index contributed by atoms with van der Waals surface area (Å²) in [5, 5.41) is 2.47. The van der Waals surface area contributed by atoms with Gasteiger partial charge in [-0.05, 0) is 38.0 Å². The summed E-state index contributed by atoms with van der Waals surface area (Å²) >= 11 is 0. The summed E-state index contributed by atoms with van der Waals surface area (Å²) in [4.78, 5) is 29.2. The third-order valence-corrected chi connectivity index (χ3v) is 4.93. The van der Waals surface area contributed by atoms with Crippen LogP contribution in [0.15, 0.2) is 29.5 Å². The number of amides is 2. The Balaban J connectivity index is 1.69. The monoisotopic (exact) mass is 372 g/mol. The van der Waals surface area contributed by atoms with Crippen LogP contribution in [0.25, 0.3) is 4.85 Å². The second kappa shape index (κ2) is 8.08. The third-order valence-electron chi connectivity index (χ3n) is 4.93. The highest BCUT2D eigenvalue weighted by atomic mass is 19.1. The summed E-state index contributed by atoms with van der Waals surface area (Å²) in [6.07, 6.45) is 1.04. The van der Waals surface area contributed by atoms with Crippen LogP contribution >= 0.6 is 0 Å². The van der Waals surface area contributed by atoms with Crippen LogP contribution in [-0.4, -0.2) is 44.8 Å². The molecule has 2 fully saturated rings. The maximum atomic E-state index is 14.7. The molecule has 2 amide bonds. The van der Waals surface area contributed by atoms with Gasteiger partial charge >= 0.3 is 6.09 Å². The molecule has 0 saturated carbocycles. The summed E-state index contributed by atoms with van der Waals surface area (Å²) in [6.45, 7) is 10.7.